The molecule has 1 aromatic carbocycles. The van der Waals surface area contributed by atoms with Gasteiger partial charge < -0.3 is 9.16 Å². The largest absolute Gasteiger partial charge is 0.544 e. The molecule has 0 saturated heterocycles. The third-order valence-electron chi connectivity index (χ3n) is 8.71. The first-order chi connectivity index (χ1) is 15.4. The number of ether oxygens (including phenoxy) is 1. The van der Waals surface area contributed by atoms with Crippen LogP contribution in [0.15, 0.2) is 12.1 Å². The first kappa shape index (κ1) is 24.5. The Hall–Kier alpha value is -1.62. The van der Waals surface area contributed by atoms with E-state index in [4.69, 9.17) is 9.16 Å². The van der Waals surface area contributed by atoms with Crippen LogP contribution in [-0.2, 0) is 16.0 Å². The molecule has 182 valence electrons. The zero-order valence-corrected chi connectivity index (χ0v) is 22.6. The highest BCUT2D eigenvalue weighted by Crippen LogP contribution is 2.61. The van der Waals surface area contributed by atoms with Crippen LogP contribution in [0.2, 0.25) is 19.1 Å². The van der Waals surface area contributed by atoms with Crippen molar-refractivity contribution in [2.75, 3.05) is 0 Å². The fourth-order valence-electron chi connectivity index (χ4n) is 7.63. The lowest BCUT2D eigenvalue weighted by atomic mass is 9.55. The number of esters is 1. The van der Waals surface area contributed by atoms with Crippen LogP contribution < -0.4 is 4.43 Å². The first-order valence-corrected chi connectivity index (χ1v) is 16.1. The zero-order valence-electron chi connectivity index (χ0n) is 21.6. The monoisotopic (exact) mass is 470 g/mol. The molecule has 2 fully saturated rings. The third-order valence-corrected chi connectivity index (χ3v) is 11.3. The number of hydrogen-bond acceptors (Lipinski definition) is 4. The SMILES string of the molecule is CC(=O)O[C@H]1CC[C@H]2[C@@H]3CCc4cc(O[Si](C)(C)CC(C)C)c(C(C)=O)cc4[C@H]3CC[C@]12C. The van der Waals surface area contributed by atoms with Gasteiger partial charge in [0.2, 0.25) is 8.32 Å². The molecule has 0 bridgehead atoms. The van der Waals surface area contributed by atoms with Crippen molar-refractivity contribution in [1.82, 2.24) is 0 Å². The average Bonchev–Trinajstić information content (AvgIpc) is 3.01. The topological polar surface area (TPSA) is 52.6 Å². The van der Waals surface area contributed by atoms with Crippen molar-refractivity contribution in [2.24, 2.45) is 23.2 Å². The molecule has 0 aromatic heterocycles. The molecule has 0 spiro atoms. The molecule has 3 aliphatic carbocycles. The number of carbonyl (C=O) groups is 2. The predicted molar refractivity (Wildman–Crippen MR) is 134 cm³/mol. The molecule has 0 N–H and O–H groups in total. The van der Waals surface area contributed by atoms with Crippen molar-refractivity contribution < 1.29 is 18.8 Å². The minimum absolute atomic E-state index is 0.0547. The molecule has 4 rings (SSSR count). The first-order valence-electron chi connectivity index (χ1n) is 13.0. The Morgan fingerprint density at radius 1 is 1.12 bits per heavy atom. The minimum atomic E-state index is -1.91. The number of Topliss-reactive ketones (excluding diaryl/α,β-unsaturated/α-hetero) is 1. The number of carbonyl (C=O) groups excluding carboxylic acids is 2. The number of fused-ring (bicyclic) bond motifs is 5. The Kier molecular flexibility index (Phi) is 6.58. The number of ketones is 1. The van der Waals surface area contributed by atoms with Crippen molar-refractivity contribution in [3.05, 3.63) is 28.8 Å². The van der Waals surface area contributed by atoms with Crippen molar-refractivity contribution in [1.29, 1.82) is 0 Å². The molecule has 0 unspecified atom stereocenters. The summed E-state index contributed by atoms with van der Waals surface area (Å²) in [4.78, 5) is 24.4. The third kappa shape index (κ3) is 4.67. The van der Waals surface area contributed by atoms with E-state index in [1.54, 1.807) is 6.92 Å². The van der Waals surface area contributed by atoms with Crippen molar-refractivity contribution in [3.8, 4) is 5.75 Å². The maximum atomic E-state index is 12.7. The van der Waals surface area contributed by atoms with Gasteiger partial charge in [0.05, 0.1) is 5.56 Å². The van der Waals surface area contributed by atoms with Crippen LogP contribution in [0.5, 0.6) is 5.75 Å². The smallest absolute Gasteiger partial charge is 0.302 e. The van der Waals surface area contributed by atoms with Crippen LogP contribution in [0.1, 0.15) is 94.1 Å². The van der Waals surface area contributed by atoms with Crippen LogP contribution in [0, 0.1) is 23.2 Å². The summed E-state index contributed by atoms with van der Waals surface area (Å²) in [6.07, 6.45) is 6.59. The van der Waals surface area contributed by atoms with Gasteiger partial charge >= 0.3 is 5.97 Å². The zero-order chi connectivity index (χ0) is 24.1. The van der Waals surface area contributed by atoms with E-state index in [1.165, 1.54) is 24.5 Å². The van der Waals surface area contributed by atoms with Gasteiger partial charge in [0.15, 0.2) is 5.78 Å². The summed E-state index contributed by atoms with van der Waals surface area (Å²) in [5.41, 5.74) is 3.61. The number of hydrogen-bond donors (Lipinski definition) is 0. The number of rotatable bonds is 6. The second-order valence-electron chi connectivity index (χ2n) is 12.2. The second-order valence-corrected chi connectivity index (χ2v) is 16.3. The van der Waals surface area contributed by atoms with Crippen molar-refractivity contribution in [2.45, 2.75) is 104 Å². The van der Waals surface area contributed by atoms with Crippen LogP contribution >= 0.6 is 0 Å². The fourth-order valence-corrected chi connectivity index (χ4v) is 10.4. The second kappa shape index (κ2) is 8.87. The molecule has 5 atom stereocenters. The van der Waals surface area contributed by atoms with Gasteiger partial charge in [-0.05, 0) is 112 Å². The molecule has 0 radical (unpaired) electrons. The molecule has 0 aliphatic heterocycles. The lowest BCUT2D eigenvalue weighted by Crippen LogP contribution is -2.45. The van der Waals surface area contributed by atoms with E-state index in [9.17, 15) is 9.59 Å². The normalized spacial score (nSPS) is 30.9. The van der Waals surface area contributed by atoms with E-state index in [1.807, 2.05) is 0 Å². The molecule has 2 saturated carbocycles. The van der Waals surface area contributed by atoms with Crippen LogP contribution in [0.3, 0.4) is 0 Å². The Bertz CT molecular complexity index is 936. The highest BCUT2D eigenvalue weighted by molar-refractivity contribution is 6.71. The van der Waals surface area contributed by atoms with E-state index >= 15 is 0 Å². The van der Waals surface area contributed by atoms with Crippen LogP contribution in [0.25, 0.3) is 0 Å². The maximum Gasteiger partial charge on any atom is 0.302 e. The van der Waals surface area contributed by atoms with Gasteiger partial charge in [0.1, 0.15) is 11.9 Å². The summed E-state index contributed by atoms with van der Waals surface area (Å²) in [5, 5.41) is 0. The minimum Gasteiger partial charge on any atom is -0.544 e. The summed E-state index contributed by atoms with van der Waals surface area (Å²) >= 11 is 0. The summed E-state index contributed by atoms with van der Waals surface area (Å²) in [5.74, 6) is 3.04. The molecular weight excluding hydrogens is 428 g/mol. The Morgan fingerprint density at radius 2 is 1.85 bits per heavy atom. The van der Waals surface area contributed by atoms with Gasteiger partial charge in [-0.15, -0.1) is 0 Å². The molecule has 1 aromatic rings. The van der Waals surface area contributed by atoms with Gasteiger partial charge in [0, 0.05) is 12.3 Å². The quantitative estimate of drug-likeness (QED) is 0.257. The highest BCUT2D eigenvalue weighted by Gasteiger charge is 2.56. The van der Waals surface area contributed by atoms with Gasteiger partial charge in [-0.3, -0.25) is 9.59 Å². The van der Waals surface area contributed by atoms with Crippen molar-refractivity contribution >= 4 is 20.1 Å². The lowest BCUT2D eigenvalue weighted by molar-refractivity contribution is -0.154. The molecule has 5 heteroatoms. The van der Waals surface area contributed by atoms with Gasteiger partial charge in [-0.2, -0.15) is 0 Å². The molecule has 4 nitrogen and oxygen atoms in total. The molecule has 33 heavy (non-hydrogen) atoms. The summed E-state index contributed by atoms with van der Waals surface area (Å²) in [7, 11) is -1.91. The van der Waals surface area contributed by atoms with E-state index in [0.29, 0.717) is 23.7 Å². The molecule has 3 aliphatic rings. The lowest BCUT2D eigenvalue weighted by Gasteiger charge is -2.50. The highest BCUT2D eigenvalue weighted by atomic mass is 28.4. The Morgan fingerprint density at radius 3 is 2.48 bits per heavy atom. The molecule has 0 amide bonds. The van der Waals surface area contributed by atoms with Crippen LogP contribution in [0.4, 0.5) is 0 Å². The predicted octanol–water partition coefficient (Wildman–Crippen LogP) is 6.92. The van der Waals surface area contributed by atoms with Gasteiger partial charge in [0.25, 0.3) is 0 Å². The number of benzene rings is 1. The summed E-state index contributed by atoms with van der Waals surface area (Å²) < 4.78 is 12.4. The standard InChI is InChI=1S/C28H42O4Si/c1-17(2)16-33(6,7)32-26-14-20-8-9-22-21(24(20)15-23(26)18(3)29)12-13-28(5)25(22)10-11-27(28)31-19(4)30/h14-15,17,21-22,25,27H,8-13,16H2,1-7H3/t21-,22+,25-,27-,28-/m0/s1. The van der Waals surface area contributed by atoms with E-state index in [0.717, 1.165) is 49.5 Å². The Labute approximate surface area is 200 Å². The Balaban J connectivity index is 1.64. The van der Waals surface area contributed by atoms with E-state index in [2.05, 4.69) is 46.0 Å². The molecule has 0 heterocycles. The van der Waals surface area contributed by atoms with E-state index in [-0.39, 0.29) is 23.3 Å². The molecular formula is C28H42O4Si. The summed E-state index contributed by atoms with van der Waals surface area (Å²) in [6.45, 7) is 14.6. The maximum absolute atomic E-state index is 12.7. The van der Waals surface area contributed by atoms with Gasteiger partial charge in [-0.25, -0.2) is 0 Å². The van der Waals surface area contributed by atoms with Crippen LogP contribution in [-0.4, -0.2) is 26.2 Å². The average molecular weight is 471 g/mol. The summed E-state index contributed by atoms with van der Waals surface area (Å²) in [6, 6.07) is 5.47. The van der Waals surface area contributed by atoms with Crippen molar-refractivity contribution in [3.63, 3.8) is 0 Å². The van der Waals surface area contributed by atoms with Gasteiger partial charge in [-0.1, -0.05) is 20.8 Å². The number of aryl methyl sites for hydroxylation is 1. The van der Waals surface area contributed by atoms with E-state index < -0.39 is 8.32 Å². The fraction of sp³-hybridized carbons (Fsp3) is 0.714.